The molecule has 0 aromatic heterocycles. The lowest BCUT2D eigenvalue weighted by molar-refractivity contribution is 0.130. The first-order valence-corrected chi connectivity index (χ1v) is 7.42. The summed E-state index contributed by atoms with van der Waals surface area (Å²) in [5, 5.41) is 0. The zero-order valence-corrected chi connectivity index (χ0v) is 12.1. The van der Waals surface area contributed by atoms with Crippen LogP contribution in [0.2, 0.25) is 0 Å². The molecule has 19 heavy (non-hydrogen) atoms. The highest BCUT2D eigenvalue weighted by Crippen LogP contribution is 2.31. The number of hydrogen-bond acceptors (Lipinski definition) is 3. The Morgan fingerprint density at radius 3 is 2.89 bits per heavy atom. The average Bonchev–Trinajstić information content (AvgIpc) is 2.42. The lowest BCUT2D eigenvalue weighted by Crippen LogP contribution is -2.40. The predicted molar refractivity (Wildman–Crippen MR) is 79.4 cm³/mol. The normalized spacial score (nSPS) is 22.2. The number of rotatable bonds is 5. The van der Waals surface area contributed by atoms with Crippen LogP contribution in [-0.2, 0) is 0 Å². The fraction of sp³-hybridized carbons (Fsp3) is 0.625. The van der Waals surface area contributed by atoms with Crippen molar-refractivity contribution in [3.63, 3.8) is 0 Å². The maximum absolute atomic E-state index is 6.05. The van der Waals surface area contributed by atoms with Crippen molar-refractivity contribution in [2.45, 2.75) is 32.7 Å². The maximum atomic E-state index is 6.05. The second kappa shape index (κ2) is 6.92. The fourth-order valence-electron chi connectivity index (χ4n) is 3.02. The Morgan fingerprint density at radius 1 is 1.42 bits per heavy atom. The van der Waals surface area contributed by atoms with E-state index in [1.54, 1.807) is 0 Å². The van der Waals surface area contributed by atoms with Crippen molar-refractivity contribution in [1.29, 1.82) is 0 Å². The molecule has 0 bridgehead atoms. The molecule has 1 saturated heterocycles. The van der Waals surface area contributed by atoms with Crippen molar-refractivity contribution in [3.05, 3.63) is 29.8 Å². The SMILES string of the molecule is CCOc1ccccc1[C@H](CN)N1CCC[C@@H](C)C1. The summed E-state index contributed by atoms with van der Waals surface area (Å²) in [4.78, 5) is 2.52. The molecule has 0 saturated carbocycles. The number of para-hydroxylation sites is 1. The van der Waals surface area contributed by atoms with Crippen molar-refractivity contribution in [2.75, 3.05) is 26.2 Å². The van der Waals surface area contributed by atoms with E-state index >= 15 is 0 Å². The summed E-state index contributed by atoms with van der Waals surface area (Å²) in [6.07, 6.45) is 2.61. The zero-order valence-electron chi connectivity index (χ0n) is 12.1. The van der Waals surface area contributed by atoms with E-state index < -0.39 is 0 Å². The van der Waals surface area contributed by atoms with E-state index in [1.165, 1.54) is 18.4 Å². The van der Waals surface area contributed by atoms with Gasteiger partial charge in [0, 0.05) is 18.7 Å². The van der Waals surface area contributed by atoms with Crippen LogP contribution in [0.3, 0.4) is 0 Å². The Kier molecular flexibility index (Phi) is 5.23. The molecule has 0 unspecified atom stereocenters. The first-order valence-electron chi connectivity index (χ1n) is 7.42. The van der Waals surface area contributed by atoms with Crippen molar-refractivity contribution < 1.29 is 4.74 Å². The standard InChI is InChI=1S/C16H26N2O/c1-3-19-16-9-5-4-8-14(16)15(11-17)18-10-6-7-13(2)12-18/h4-5,8-9,13,15H,3,6-7,10-12,17H2,1-2H3/t13-,15+/m1/s1. The molecule has 1 aromatic carbocycles. The lowest BCUT2D eigenvalue weighted by Gasteiger charge is -2.37. The summed E-state index contributed by atoms with van der Waals surface area (Å²) in [5.74, 6) is 1.75. The van der Waals surface area contributed by atoms with Gasteiger partial charge in [0.2, 0.25) is 0 Å². The molecule has 0 amide bonds. The highest BCUT2D eigenvalue weighted by Gasteiger charge is 2.26. The summed E-state index contributed by atoms with van der Waals surface area (Å²) < 4.78 is 5.76. The van der Waals surface area contributed by atoms with E-state index in [0.29, 0.717) is 13.2 Å². The largest absolute Gasteiger partial charge is 0.494 e. The van der Waals surface area contributed by atoms with Crippen molar-refractivity contribution in [3.8, 4) is 5.75 Å². The molecular formula is C16H26N2O. The predicted octanol–water partition coefficient (Wildman–Crippen LogP) is 2.82. The molecule has 106 valence electrons. The van der Waals surface area contributed by atoms with Gasteiger partial charge in [-0.05, 0) is 38.3 Å². The molecule has 1 aliphatic rings. The smallest absolute Gasteiger partial charge is 0.124 e. The van der Waals surface area contributed by atoms with Crippen LogP contribution in [0.15, 0.2) is 24.3 Å². The molecule has 1 aliphatic heterocycles. The second-order valence-electron chi connectivity index (χ2n) is 5.46. The first-order chi connectivity index (χ1) is 9.26. The minimum Gasteiger partial charge on any atom is -0.494 e. The van der Waals surface area contributed by atoms with Crippen LogP contribution >= 0.6 is 0 Å². The highest BCUT2D eigenvalue weighted by atomic mass is 16.5. The van der Waals surface area contributed by atoms with Crippen LogP contribution in [0, 0.1) is 5.92 Å². The highest BCUT2D eigenvalue weighted by molar-refractivity contribution is 5.36. The van der Waals surface area contributed by atoms with Crippen LogP contribution in [0.4, 0.5) is 0 Å². The lowest BCUT2D eigenvalue weighted by atomic mass is 9.96. The van der Waals surface area contributed by atoms with Gasteiger partial charge in [0.15, 0.2) is 0 Å². The number of benzene rings is 1. The minimum absolute atomic E-state index is 0.283. The molecule has 0 aliphatic carbocycles. The van der Waals surface area contributed by atoms with E-state index in [1.807, 2.05) is 13.0 Å². The van der Waals surface area contributed by atoms with Crippen LogP contribution in [0.1, 0.15) is 38.3 Å². The van der Waals surface area contributed by atoms with Gasteiger partial charge in [-0.1, -0.05) is 25.1 Å². The summed E-state index contributed by atoms with van der Waals surface area (Å²) in [7, 11) is 0. The number of nitrogens with zero attached hydrogens (tertiary/aromatic N) is 1. The van der Waals surface area contributed by atoms with E-state index in [0.717, 1.165) is 24.8 Å². The fourth-order valence-corrected chi connectivity index (χ4v) is 3.02. The Bertz CT molecular complexity index is 394. The van der Waals surface area contributed by atoms with Gasteiger partial charge in [0.25, 0.3) is 0 Å². The zero-order chi connectivity index (χ0) is 13.7. The van der Waals surface area contributed by atoms with E-state index in [9.17, 15) is 0 Å². The van der Waals surface area contributed by atoms with Gasteiger partial charge in [0.05, 0.1) is 12.6 Å². The molecular weight excluding hydrogens is 236 g/mol. The summed E-state index contributed by atoms with van der Waals surface area (Å²) >= 11 is 0. The molecule has 0 radical (unpaired) electrons. The van der Waals surface area contributed by atoms with Gasteiger partial charge in [-0.3, -0.25) is 4.90 Å². The van der Waals surface area contributed by atoms with Gasteiger partial charge in [0.1, 0.15) is 5.75 Å². The van der Waals surface area contributed by atoms with E-state index in [2.05, 4.69) is 30.0 Å². The van der Waals surface area contributed by atoms with Crippen molar-refractivity contribution in [1.82, 2.24) is 4.90 Å². The Hall–Kier alpha value is -1.06. The molecule has 1 aromatic rings. The molecule has 1 fully saturated rings. The molecule has 3 heteroatoms. The van der Waals surface area contributed by atoms with Gasteiger partial charge in [-0.15, -0.1) is 0 Å². The third-order valence-corrected chi connectivity index (χ3v) is 3.93. The quantitative estimate of drug-likeness (QED) is 0.887. The molecule has 2 rings (SSSR count). The Labute approximate surface area is 116 Å². The Morgan fingerprint density at radius 2 is 2.21 bits per heavy atom. The van der Waals surface area contributed by atoms with Crippen LogP contribution < -0.4 is 10.5 Å². The molecule has 2 atom stereocenters. The molecule has 2 N–H and O–H groups in total. The number of ether oxygens (including phenoxy) is 1. The molecule has 0 spiro atoms. The van der Waals surface area contributed by atoms with Crippen LogP contribution in [0.25, 0.3) is 0 Å². The van der Waals surface area contributed by atoms with E-state index in [-0.39, 0.29) is 6.04 Å². The molecule has 3 nitrogen and oxygen atoms in total. The van der Waals surface area contributed by atoms with Gasteiger partial charge in [-0.2, -0.15) is 0 Å². The van der Waals surface area contributed by atoms with Crippen LogP contribution in [0.5, 0.6) is 5.75 Å². The summed E-state index contributed by atoms with van der Waals surface area (Å²) in [6.45, 7) is 7.99. The van der Waals surface area contributed by atoms with Crippen molar-refractivity contribution >= 4 is 0 Å². The molecule has 1 heterocycles. The third kappa shape index (κ3) is 3.48. The van der Waals surface area contributed by atoms with Crippen LogP contribution in [-0.4, -0.2) is 31.1 Å². The topological polar surface area (TPSA) is 38.5 Å². The Balaban J connectivity index is 2.20. The number of piperidine rings is 1. The first kappa shape index (κ1) is 14.4. The summed E-state index contributed by atoms with van der Waals surface area (Å²) in [5.41, 5.74) is 7.29. The average molecular weight is 262 g/mol. The third-order valence-electron chi connectivity index (χ3n) is 3.93. The summed E-state index contributed by atoms with van der Waals surface area (Å²) in [6, 6.07) is 8.59. The van der Waals surface area contributed by atoms with Gasteiger partial charge < -0.3 is 10.5 Å². The number of nitrogens with two attached hydrogens (primary N) is 1. The van der Waals surface area contributed by atoms with Gasteiger partial charge in [-0.25, -0.2) is 0 Å². The number of hydrogen-bond donors (Lipinski definition) is 1. The second-order valence-corrected chi connectivity index (χ2v) is 5.46. The van der Waals surface area contributed by atoms with Gasteiger partial charge >= 0.3 is 0 Å². The monoisotopic (exact) mass is 262 g/mol. The van der Waals surface area contributed by atoms with E-state index in [4.69, 9.17) is 10.5 Å². The maximum Gasteiger partial charge on any atom is 0.124 e. The number of likely N-dealkylation sites (tertiary alicyclic amines) is 1. The van der Waals surface area contributed by atoms with Crippen molar-refractivity contribution in [2.24, 2.45) is 11.7 Å². The minimum atomic E-state index is 0.283.